The van der Waals surface area contributed by atoms with Crippen molar-refractivity contribution in [3.05, 3.63) is 30.6 Å². The van der Waals surface area contributed by atoms with Gasteiger partial charge in [-0.2, -0.15) is 0 Å². The highest BCUT2D eigenvalue weighted by molar-refractivity contribution is 7.46. The fourth-order valence-electron chi connectivity index (χ4n) is 1.38. The van der Waals surface area contributed by atoms with Crippen molar-refractivity contribution >= 4 is 7.82 Å². The average Bonchev–Trinajstić information content (AvgIpc) is 2.39. The Morgan fingerprint density at radius 3 is 2.00 bits per heavy atom. The molecule has 110 valence electrons. The van der Waals surface area contributed by atoms with Gasteiger partial charge in [-0.15, -0.1) is 0 Å². The van der Waals surface area contributed by atoms with Gasteiger partial charge in [0.25, 0.3) is 0 Å². The van der Waals surface area contributed by atoms with E-state index in [1.54, 1.807) is 12.4 Å². The van der Waals surface area contributed by atoms with Crippen molar-refractivity contribution in [2.45, 2.75) is 45.4 Å². The van der Waals surface area contributed by atoms with Gasteiger partial charge in [0.2, 0.25) is 0 Å². The molecule has 0 fully saturated rings. The van der Waals surface area contributed by atoms with Crippen LogP contribution >= 0.6 is 7.82 Å². The Bertz CT molecular complexity index is 302. The molecule has 0 aliphatic rings. The summed E-state index contributed by atoms with van der Waals surface area (Å²) >= 11 is 0. The van der Waals surface area contributed by atoms with Gasteiger partial charge in [-0.1, -0.05) is 45.1 Å². The molecule has 0 aliphatic carbocycles. The summed E-state index contributed by atoms with van der Waals surface area (Å²) in [4.78, 5) is 20.5. The van der Waals surface area contributed by atoms with Gasteiger partial charge >= 0.3 is 7.82 Å². The summed E-state index contributed by atoms with van der Waals surface area (Å²) in [5, 5.41) is 0. The largest absolute Gasteiger partial charge is 0.469 e. The van der Waals surface area contributed by atoms with Gasteiger partial charge in [0.05, 0.1) is 6.61 Å². The maximum Gasteiger partial charge on any atom is 0.469 e. The van der Waals surface area contributed by atoms with Crippen LogP contribution in [0.1, 0.15) is 45.4 Å². The summed E-state index contributed by atoms with van der Waals surface area (Å²) in [6, 6.07) is 5.72. The number of aromatic nitrogens is 1. The minimum Gasteiger partial charge on any atom is -0.303 e. The van der Waals surface area contributed by atoms with E-state index in [1.165, 1.54) is 19.3 Å². The van der Waals surface area contributed by atoms with E-state index in [4.69, 9.17) is 9.79 Å². The van der Waals surface area contributed by atoms with E-state index in [0.717, 1.165) is 19.3 Å². The third kappa shape index (κ3) is 17.3. The van der Waals surface area contributed by atoms with Crippen molar-refractivity contribution in [3.63, 3.8) is 0 Å². The highest BCUT2D eigenvalue weighted by Gasteiger charge is 2.12. The fraction of sp³-hybridized carbons (Fsp3) is 0.615. The zero-order chi connectivity index (χ0) is 14.4. The molecule has 1 aromatic rings. The smallest absolute Gasteiger partial charge is 0.303 e. The van der Waals surface area contributed by atoms with Gasteiger partial charge in [0, 0.05) is 12.4 Å². The summed E-state index contributed by atoms with van der Waals surface area (Å²) in [5.41, 5.74) is 0. The topological polar surface area (TPSA) is 79.7 Å². The first kappa shape index (κ1) is 18.3. The standard InChI is InChI=1S/C8H19O4P.C5H5N/c1-2-3-4-5-6-7-8-12-13(9,10)11;1-2-4-6-5-3-1/h2-8H2,1H3,(H2,9,10,11);1-5H. The highest BCUT2D eigenvalue weighted by atomic mass is 31.2. The fourth-order valence-corrected chi connectivity index (χ4v) is 1.75. The Labute approximate surface area is 115 Å². The van der Waals surface area contributed by atoms with Crippen LogP contribution < -0.4 is 0 Å². The van der Waals surface area contributed by atoms with E-state index in [1.807, 2.05) is 18.2 Å². The van der Waals surface area contributed by atoms with Crippen LogP contribution in [0.4, 0.5) is 0 Å². The maximum absolute atomic E-state index is 10.2. The molecule has 1 heterocycles. The highest BCUT2D eigenvalue weighted by Crippen LogP contribution is 2.35. The Hall–Kier alpha value is -0.740. The lowest BCUT2D eigenvalue weighted by atomic mass is 10.1. The number of phosphoric ester groups is 1. The summed E-state index contributed by atoms with van der Waals surface area (Å²) in [6.07, 6.45) is 9.98. The third-order valence-corrected chi connectivity index (χ3v) is 2.84. The van der Waals surface area contributed by atoms with E-state index < -0.39 is 7.82 Å². The molecular weight excluding hydrogens is 265 g/mol. The van der Waals surface area contributed by atoms with Crippen LogP contribution in [0.3, 0.4) is 0 Å². The van der Waals surface area contributed by atoms with E-state index >= 15 is 0 Å². The SMILES string of the molecule is CCCCCCCCOP(=O)(O)O.c1ccncc1. The number of phosphoric acid groups is 1. The molecular formula is C13H24NO4P. The van der Waals surface area contributed by atoms with Crippen LogP contribution in [0.25, 0.3) is 0 Å². The first-order valence-electron chi connectivity index (χ1n) is 6.61. The molecule has 2 N–H and O–H groups in total. The van der Waals surface area contributed by atoms with Gasteiger partial charge in [0.15, 0.2) is 0 Å². The summed E-state index contributed by atoms with van der Waals surface area (Å²) in [5.74, 6) is 0. The number of hydrogen-bond acceptors (Lipinski definition) is 3. The molecule has 1 aromatic heterocycles. The van der Waals surface area contributed by atoms with E-state index in [-0.39, 0.29) is 6.61 Å². The predicted octanol–water partition coefficient (Wildman–Crippen LogP) is 3.54. The van der Waals surface area contributed by atoms with Crippen molar-refractivity contribution in [1.82, 2.24) is 4.98 Å². The molecule has 0 amide bonds. The van der Waals surface area contributed by atoms with Gasteiger partial charge in [-0.05, 0) is 18.6 Å². The normalized spacial score (nSPS) is 10.7. The quantitative estimate of drug-likeness (QED) is 0.565. The molecule has 0 unspecified atom stereocenters. The molecule has 0 bridgehead atoms. The Kier molecular flexibility index (Phi) is 11.8. The molecule has 0 aliphatic heterocycles. The molecule has 0 aromatic carbocycles. The van der Waals surface area contributed by atoms with E-state index in [2.05, 4.69) is 16.4 Å². The molecule has 6 heteroatoms. The minimum atomic E-state index is -4.23. The second kappa shape index (κ2) is 12.3. The van der Waals surface area contributed by atoms with Crippen LogP contribution in [-0.4, -0.2) is 21.4 Å². The molecule has 19 heavy (non-hydrogen) atoms. The van der Waals surface area contributed by atoms with Gasteiger partial charge in [-0.3, -0.25) is 9.51 Å². The molecule has 1 rings (SSSR count). The van der Waals surface area contributed by atoms with Crippen LogP contribution in [0, 0.1) is 0 Å². The lowest BCUT2D eigenvalue weighted by Crippen LogP contribution is -1.92. The summed E-state index contributed by atoms with van der Waals surface area (Å²) < 4.78 is 14.5. The molecule has 5 nitrogen and oxygen atoms in total. The Morgan fingerprint density at radius 1 is 1.00 bits per heavy atom. The first-order valence-corrected chi connectivity index (χ1v) is 8.14. The van der Waals surface area contributed by atoms with Gasteiger partial charge < -0.3 is 9.79 Å². The molecule has 0 saturated heterocycles. The van der Waals surface area contributed by atoms with Crippen LogP contribution in [0.15, 0.2) is 30.6 Å². The number of hydrogen-bond donors (Lipinski definition) is 2. The van der Waals surface area contributed by atoms with E-state index in [0.29, 0.717) is 0 Å². The number of rotatable bonds is 8. The lowest BCUT2D eigenvalue weighted by molar-refractivity contribution is 0.193. The average molecular weight is 289 g/mol. The van der Waals surface area contributed by atoms with Crippen molar-refractivity contribution in [3.8, 4) is 0 Å². The summed E-state index contributed by atoms with van der Waals surface area (Å²) in [6.45, 7) is 2.31. The number of unbranched alkanes of at least 4 members (excludes halogenated alkanes) is 5. The van der Waals surface area contributed by atoms with Crippen LogP contribution in [0.5, 0.6) is 0 Å². The third-order valence-electron chi connectivity index (χ3n) is 2.32. The maximum atomic E-state index is 10.2. The zero-order valence-electron chi connectivity index (χ0n) is 11.4. The molecule has 0 saturated carbocycles. The number of pyridine rings is 1. The summed E-state index contributed by atoms with van der Waals surface area (Å²) in [7, 11) is -4.23. The first-order chi connectivity index (χ1) is 9.06. The second-order valence-corrected chi connectivity index (χ2v) is 5.36. The zero-order valence-corrected chi connectivity index (χ0v) is 12.3. The lowest BCUT2D eigenvalue weighted by Gasteiger charge is -2.04. The Balaban J connectivity index is 0.000000443. The van der Waals surface area contributed by atoms with Gasteiger partial charge in [-0.25, -0.2) is 4.57 Å². The number of nitrogens with zero attached hydrogens (tertiary/aromatic N) is 1. The van der Waals surface area contributed by atoms with E-state index in [9.17, 15) is 4.57 Å². The molecule has 0 atom stereocenters. The van der Waals surface area contributed by atoms with Crippen LogP contribution in [0.2, 0.25) is 0 Å². The van der Waals surface area contributed by atoms with Crippen molar-refractivity contribution in [2.75, 3.05) is 6.61 Å². The van der Waals surface area contributed by atoms with Crippen LogP contribution in [-0.2, 0) is 9.09 Å². The van der Waals surface area contributed by atoms with Crippen molar-refractivity contribution in [1.29, 1.82) is 0 Å². The molecule has 0 spiro atoms. The predicted molar refractivity (Wildman–Crippen MR) is 75.6 cm³/mol. The Morgan fingerprint density at radius 2 is 1.58 bits per heavy atom. The van der Waals surface area contributed by atoms with Crippen molar-refractivity contribution in [2.24, 2.45) is 0 Å². The minimum absolute atomic E-state index is 0.163. The molecule has 0 radical (unpaired) electrons. The second-order valence-electron chi connectivity index (χ2n) is 4.12. The van der Waals surface area contributed by atoms with Gasteiger partial charge in [0.1, 0.15) is 0 Å². The monoisotopic (exact) mass is 289 g/mol. The van der Waals surface area contributed by atoms with Crippen molar-refractivity contribution < 1.29 is 18.9 Å².